The van der Waals surface area contributed by atoms with Crippen molar-refractivity contribution in [3.05, 3.63) is 53.1 Å². The molecule has 0 heterocycles. The predicted octanol–water partition coefficient (Wildman–Crippen LogP) is 3.98. The number of anilines is 2. The molecule has 1 atom stereocenters. The number of amides is 2. The molecule has 0 radical (unpaired) electrons. The molecule has 2 amide bonds. The first-order valence-corrected chi connectivity index (χ1v) is 10.6. The molecule has 6 nitrogen and oxygen atoms in total. The van der Waals surface area contributed by atoms with Crippen LogP contribution in [0, 0.1) is 5.92 Å². The first kappa shape index (κ1) is 20.9. The highest BCUT2D eigenvalue weighted by molar-refractivity contribution is 7.90. The summed E-state index contributed by atoms with van der Waals surface area (Å²) in [5, 5.41) is 5.66. The van der Waals surface area contributed by atoms with Crippen LogP contribution in [0.1, 0.15) is 30.6 Å². The maximum Gasteiger partial charge on any atom is 0.255 e. The fraction of sp³-hybridized carbons (Fsp3) is 0.263. The van der Waals surface area contributed by atoms with Crippen molar-refractivity contribution < 1.29 is 18.0 Å². The Labute approximate surface area is 163 Å². The van der Waals surface area contributed by atoms with E-state index in [0.29, 0.717) is 11.4 Å². The van der Waals surface area contributed by atoms with E-state index in [4.69, 9.17) is 11.6 Å². The zero-order valence-corrected chi connectivity index (χ0v) is 16.8. The topological polar surface area (TPSA) is 92.3 Å². The molecule has 0 aliphatic rings. The van der Waals surface area contributed by atoms with Gasteiger partial charge in [-0.1, -0.05) is 31.5 Å². The average Bonchev–Trinajstić information content (AvgIpc) is 2.62. The van der Waals surface area contributed by atoms with Gasteiger partial charge in [-0.25, -0.2) is 8.42 Å². The highest BCUT2D eigenvalue weighted by Crippen LogP contribution is 2.26. The van der Waals surface area contributed by atoms with Gasteiger partial charge in [-0.15, -0.1) is 0 Å². The van der Waals surface area contributed by atoms with Gasteiger partial charge in [0.05, 0.1) is 15.6 Å². The molecular formula is C19H21ClN2O4S. The molecule has 2 rings (SSSR count). The Morgan fingerprint density at radius 3 is 2.41 bits per heavy atom. The van der Waals surface area contributed by atoms with Gasteiger partial charge in [-0.05, 0) is 42.8 Å². The van der Waals surface area contributed by atoms with Crippen LogP contribution < -0.4 is 10.6 Å². The van der Waals surface area contributed by atoms with Gasteiger partial charge in [0.1, 0.15) is 0 Å². The molecule has 0 aliphatic heterocycles. The third kappa shape index (κ3) is 5.55. The number of nitrogens with one attached hydrogen (secondary N) is 2. The Bertz CT molecular complexity index is 973. The van der Waals surface area contributed by atoms with E-state index in [-0.39, 0.29) is 27.3 Å². The van der Waals surface area contributed by atoms with Crippen LogP contribution in [0.2, 0.25) is 5.02 Å². The van der Waals surface area contributed by atoms with E-state index in [1.165, 1.54) is 24.3 Å². The molecule has 0 fully saturated rings. The minimum Gasteiger partial charge on any atom is -0.326 e. The summed E-state index contributed by atoms with van der Waals surface area (Å²) in [5.41, 5.74) is 1.08. The van der Waals surface area contributed by atoms with Crippen molar-refractivity contribution in [1.29, 1.82) is 0 Å². The fourth-order valence-corrected chi connectivity index (χ4v) is 3.10. The molecule has 0 aromatic heterocycles. The lowest BCUT2D eigenvalue weighted by atomic mass is 10.1. The van der Waals surface area contributed by atoms with Crippen LogP contribution in [-0.4, -0.2) is 26.5 Å². The van der Waals surface area contributed by atoms with Gasteiger partial charge in [0.2, 0.25) is 5.91 Å². The van der Waals surface area contributed by atoms with Gasteiger partial charge in [-0.3, -0.25) is 9.59 Å². The van der Waals surface area contributed by atoms with Gasteiger partial charge < -0.3 is 10.6 Å². The molecule has 0 spiro atoms. The van der Waals surface area contributed by atoms with E-state index in [0.717, 1.165) is 12.7 Å². The lowest BCUT2D eigenvalue weighted by Crippen LogP contribution is -2.19. The molecule has 2 N–H and O–H groups in total. The Morgan fingerprint density at radius 1 is 1.11 bits per heavy atom. The predicted molar refractivity (Wildman–Crippen MR) is 107 cm³/mol. The van der Waals surface area contributed by atoms with E-state index in [2.05, 4.69) is 10.6 Å². The summed E-state index contributed by atoms with van der Waals surface area (Å²) < 4.78 is 23.3. The standard InChI is InChI=1S/C19H21ClN2O4S/c1-4-12(2)18(23)21-14-8-9-17(16(20)11-14)22-19(24)13-6-5-7-15(10-13)27(3,25)26/h5-12H,4H2,1-3H3,(H,21,23)(H,22,24)/t12-/m0/s1. The minimum absolute atomic E-state index is 0.0596. The minimum atomic E-state index is -3.41. The molecule has 0 unspecified atom stereocenters. The number of benzene rings is 2. The number of halogens is 1. The van der Waals surface area contributed by atoms with Crippen LogP contribution in [0.15, 0.2) is 47.4 Å². The van der Waals surface area contributed by atoms with Gasteiger partial charge in [-0.2, -0.15) is 0 Å². The summed E-state index contributed by atoms with van der Waals surface area (Å²) in [5.74, 6) is -0.716. The fourth-order valence-electron chi connectivity index (χ4n) is 2.21. The maximum atomic E-state index is 12.4. The molecule has 0 bridgehead atoms. The summed E-state index contributed by atoms with van der Waals surface area (Å²) >= 11 is 6.20. The number of carbonyl (C=O) groups excluding carboxylic acids is 2. The second kappa shape index (κ2) is 8.54. The lowest BCUT2D eigenvalue weighted by Gasteiger charge is -2.12. The summed E-state index contributed by atoms with van der Waals surface area (Å²) in [4.78, 5) is 24.4. The number of hydrogen-bond acceptors (Lipinski definition) is 4. The first-order valence-electron chi connectivity index (χ1n) is 8.33. The monoisotopic (exact) mass is 408 g/mol. The number of rotatable bonds is 6. The van der Waals surface area contributed by atoms with Crippen molar-refractivity contribution in [2.45, 2.75) is 25.2 Å². The van der Waals surface area contributed by atoms with Gasteiger partial charge in [0, 0.05) is 23.4 Å². The Balaban J connectivity index is 2.16. The SMILES string of the molecule is CC[C@H](C)C(=O)Nc1ccc(NC(=O)c2cccc(S(C)(=O)=O)c2)c(Cl)c1. The van der Waals surface area contributed by atoms with Crippen LogP contribution in [0.4, 0.5) is 11.4 Å². The van der Waals surface area contributed by atoms with Crippen LogP contribution in [0.5, 0.6) is 0 Å². The van der Waals surface area contributed by atoms with Crippen LogP contribution in [-0.2, 0) is 14.6 Å². The Kier molecular flexibility index (Phi) is 6.62. The van der Waals surface area contributed by atoms with Crippen LogP contribution in [0.25, 0.3) is 0 Å². The highest BCUT2D eigenvalue weighted by atomic mass is 35.5. The maximum absolute atomic E-state index is 12.4. The third-order valence-corrected chi connectivity index (χ3v) is 5.49. The van der Waals surface area contributed by atoms with Crippen molar-refractivity contribution in [3.63, 3.8) is 0 Å². The highest BCUT2D eigenvalue weighted by Gasteiger charge is 2.14. The molecule has 2 aromatic rings. The molecular weight excluding hydrogens is 388 g/mol. The number of carbonyl (C=O) groups is 2. The second-order valence-electron chi connectivity index (χ2n) is 6.25. The van der Waals surface area contributed by atoms with Crippen molar-refractivity contribution in [2.24, 2.45) is 5.92 Å². The van der Waals surface area contributed by atoms with E-state index in [1.54, 1.807) is 18.2 Å². The van der Waals surface area contributed by atoms with E-state index >= 15 is 0 Å². The Hall–Kier alpha value is -2.38. The normalized spacial score (nSPS) is 12.3. The largest absolute Gasteiger partial charge is 0.326 e. The van der Waals surface area contributed by atoms with Crippen LogP contribution >= 0.6 is 11.6 Å². The second-order valence-corrected chi connectivity index (χ2v) is 8.67. The molecule has 27 heavy (non-hydrogen) atoms. The molecule has 0 saturated heterocycles. The molecule has 144 valence electrons. The van der Waals surface area contributed by atoms with Crippen molar-refractivity contribution in [3.8, 4) is 0 Å². The first-order chi connectivity index (χ1) is 12.6. The summed E-state index contributed by atoms with van der Waals surface area (Å²) in [6, 6.07) is 10.5. The zero-order valence-electron chi connectivity index (χ0n) is 15.2. The molecule has 0 saturated carbocycles. The Morgan fingerprint density at radius 2 is 1.81 bits per heavy atom. The van der Waals surface area contributed by atoms with E-state index < -0.39 is 15.7 Å². The van der Waals surface area contributed by atoms with Gasteiger partial charge >= 0.3 is 0 Å². The van der Waals surface area contributed by atoms with E-state index in [9.17, 15) is 18.0 Å². The van der Waals surface area contributed by atoms with Crippen molar-refractivity contribution in [2.75, 3.05) is 16.9 Å². The van der Waals surface area contributed by atoms with Gasteiger partial charge in [0.25, 0.3) is 5.91 Å². The van der Waals surface area contributed by atoms with Crippen molar-refractivity contribution in [1.82, 2.24) is 0 Å². The van der Waals surface area contributed by atoms with E-state index in [1.807, 2.05) is 13.8 Å². The molecule has 0 aliphatic carbocycles. The zero-order chi connectivity index (χ0) is 20.2. The number of hydrogen-bond donors (Lipinski definition) is 2. The van der Waals surface area contributed by atoms with Crippen molar-refractivity contribution >= 4 is 44.6 Å². The van der Waals surface area contributed by atoms with Gasteiger partial charge in [0.15, 0.2) is 9.84 Å². The molecule has 8 heteroatoms. The quantitative estimate of drug-likeness (QED) is 0.756. The average molecular weight is 409 g/mol. The lowest BCUT2D eigenvalue weighted by molar-refractivity contribution is -0.119. The summed E-state index contributed by atoms with van der Waals surface area (Å²) in [6.07, 6.45) is 1.80. The summed E-state index contributed by atoms with van der Waals surface area (Å²) in [7, 11) is -3.41. The molecule has 2 aromatic carbocycles. The van der Waals surface area contributed by atoms with Crippen LogP contribution in [0.3, 0.4) is 0 Å². The number of sulfone groups is 1. The third-order valence-electron chi connectivity index (χ3n) is 4.07. The summed E-state index contributed by atoms with van der Waals surface area (Å²) in [6.45, 7) is 3.75. The smallest absolute Gasteiger partial charge is 0.255 e.